The van der Waals surface area contributed by atoms with Gasteiger partial charge in [-0.15, -0.1) is 11.6 Å². The summed E-state index contributed by atoms with van der Waals surface area (Å²) in [4.78, 5) is 13.6. The predicted octanol–water partition coefficient (Wildman–Crippen LogP) is 2.35. The molecule has 1 aliphatic rings. The molecule has 2 rings (SSSR count). The highest BCUT2D eigenvalue weighted by molar-refractivity contribution is 6.17. The Bertz CT molecular complexity index is 424. The summed E-state index contributed by atoms with van der Waals surface area (Å²) in [6, 6.07) is 6.03. The number of halogens is 2. The number of ether oxygens (including phenoxy) is 1. The molecule has 0 unspecified atom stereocenters. The zero-order valence-electron chi connectivity index (χ0n) is 10.1. The first-order valence-electron chi connectivity index (χ1n) is 5.83. The first-order chi connectivity index (χ1) is 8.69. The molecular weight excluding hydrogens is 257 g/mol. The Morgan fingerprint density at radius 1 is 1.39 bits per heavy atom. The molecule has 0 N–H and O–H groups in total. The smallest absolute Gasteiger partial charge is 0.254 e. The van der Waals surface area contributed by atoms with Crippen LogP contribution in [0.3, 0.4) is 0 Å². The predicted molar refractivity (Wildman–Crippen MR) is 67.0 cm³/mol. The van der Waals surface area contributed by atoms with Crippen LogP contribution in [-0.2, 0) is 9.53 Å². The van der Waals surface area contributed by atoms with Crippen LogP contribution in [0.5, 0.6) is 0 Å². The average molecular weight is 272 g/mol. The minimum absolute atomic E-state index is 0.0306. The SMILES string of the molecule is CO[C@H]1C(=O)N(CCCCl)[C@H]1c1ccc(F)cc1. The maximum atomic E-state index is 12.9. The summed E-state index contributed by atoms with van der Waals surface area (Å²) < 4.78 is 18.1. The molecule has 1 saturated heterocycles. The van der Waals surface area contributed by atoms with Gasteiger partial charge in [-0.3, -0.25) is 4.79 Å². The van der Waals surface area contributed by atoms with Crippen molar-refractivity contribution in [2.75, 3.05) is 19.5 Å². The zero-order valence-corrected chi connectivity index (χ0v) is 10.9. The van der Waals surface area contributed by atoms with E-state index in [0.29, 0.717) is 12.4 Å². The zero-order chi connectivity index (χ0) is 13.1. The average Bonchev–Trinajstić information content (AvgIpc) is 2.38. The fourth-order valence-corrected chi connectivity index (χ4v) is 2.36. The van der Waals surface area contributed by atoms with Gasteiger partial charge in [0.05, 0.1) is 6.04 Å². The summed E-state index contributed by atoms with van der Waals surface area (Å²) in [7, 11) is 1.51. The van der Waals surface area contributed by atoms with Gasteiger partial charge in [-0.2, -0.15) is 0 Å². The molecule has 3 nitrogen and oxygen atoms in total. The number of amides is 1. The number of nitrogens with zero attached hydrogens (tertiary/aromatic N) is 1. The molecular formula is C13H15ClFNO2. The van der Waals surface area contributed by atoms with Crippen molar-refractivity contribution < 1.29 is 13.9 Å². The summed E-state index contributed by atoms with van der Waals surface area (Å²) in [6.07, 6.45) is 0.271. The Morgan fingerprint density at radius 2 is 2.06 bits per heavy atom. The van der Waals surface area contributed by atoms with Crippen LogP contribution in [-0.4, -0.2) is 36.4 Å². The second-order valence-electron chi connectivity index (χ2n) is 4.23. The maximum absolute atomic E-state index is 12.9. The molecule has 1 fully saturated rings. The van der Waals surface area contributed by atoms with E-state index in [-0.39, 0.29) is 17.8 Å². The number of carbonyl (C=O) groups is 1. The van der Waals surface area contributed by atoms with Crippen LogP contribution >= 0.6 is 11.6 Å². The lowest BCUT2D eigenvalue weighted by molar-refractivity contribution is -0.171. The highest BCUT2D eigenvalue weighted by atomic mass is 35.5. The number of methoxy groups -OCH3 is 1. The van der Waals surface area contributed by atoms with Crippen LogP contribution in [0.15, 0.2) is 24.3 Å². The van der Waals surface area contributed by atoms with Gasteiger partial charge >= 0.3 is 0 Å². The Hall–Kier alpha value is -1.13. The Kier molecular flexibility index (Phi) is 4.19. The fourth-order valence-electron chi connectivity index (χ4n) is 2.24. The number of hydrogen-bond donors (Lipinski definition) is 0. The third kappa shape index (κ3) is 2.35. The van der Waals surface area contributed by atoms with Crippen molar-refractivity contribution >= 4 is 17.5 Å². The lowest BCUT2D eigenvalue weighted by atomic mass is 9.90. The molecule has 1 heterocycles. The number of β-lactam (4-membered cyclic amide) rings is 1. The molecule has 18 heavy (non-hydrogen) atoms. The summed E-state index contributed by atoms with van der Waals surface area (Å²) in [5.74, 6) is 0.194. The first kappa shape index (κ1) is 13.3. The molecule has 0 saturated carbocycles. The van der Waals surface area contributed by atoms with E-state index in [9.17, 15) is 9.18 Å². The molecule has 0 bridgehead atoms. The van der Waals surface area contributed by atoms with Gasteiger partial charge in [-0.05, 0) is 24.1 Å². The number of alkyl halides is 1. The molecule has 0 aliphatic carbocycles. The van der Waals surface area contributed by atoms with E-state index < -0.39 is 6.10 Å². The van der Waals surface area contributed by atoms with E-state index in [1.165, 1.54) is 19.2 Å². The van der Waals surface area contributed by atoms with Gasteiger partial charge in [0.25, 0.3) is 5.91 Å². The molecule has 1 aromatic carbocycles. The summed E-state index contributed by atoms with van der Waals surface area (Å²) in [5.41, 5.74) is 0.887. The standard InChI is InChI=1S/C13H15ClFNO2/c1-18-12-11(9-3-5-10(15)6-4-9)16(13(12)17)8-2-7-14/h3-6,11-12H,2,7-8H2,1H3/t11-,12+/m0/s1. The monoisotopic (exact) mass is 271 g/mol. The second kappa shape index (κ2) is 5.67. The highest BCUT2D eigenvalue weighted by Crippen LogP contribution is 2.36. The summed E-state index contributed by atoms with van der Waals surface area (Å²) in [5, 5.41) is 0. The van der Waals surface area contributed by atoms with Crippen molar-refractivity contribution in [1.82, 2.24) is 4.90 Å². The number of carbonyl (C=O) groups excluding carboxylic acids is 1. The third-order valence-corrected chi connectivity index (χ3v) is 3.41. The minimum atomic E-state index is -0.467. The molecule has 0 aromatic heterocycles. The van der Waals surface area contributed by atoms with Crippen molar-refractivity contribution in [3.05, 3.63) is 35.6 Å². The van der Waals surface area contributed by atoms with Gasteiger partial charge in [0.1, 0.15) is 5.82 Å². The maximum Gasteiger partial charge on any atom is 0.254 e. The van der Waals surface area contributed by atoms with Crippen LogP contribution in [0.2, 0.25) is 0 Å². The lowest BCUT2D eigenvalue weighted by Gasteiger charge is -2.46. The summed E-state index contributed by atoms with van der Waals surface area (Å²) in [6.45, 7) is 0.601. The number of benzene rings is 1. The number of likely N-dealkylation sites (tertiary alicyclic amines) is 1. The molecule has 98 valence electrons. The molecule has 0 spiro atoms. The van der Waals surface area contributed by atoms with Crippen LogP contribution in [0, 0.1) is 5.82 Å². The first-order valence-corrected chi connectivity index (χ1v) is 6.37. The van der Waals surface area contributed by atoms with Crippen LogP contribution < -0.4 is 0 Å². The van der Waals surface area contributed by atoms with E-state index in [1.807, 2.05) is 0 Å². The third-order valence-electron chi connectivity index (χ3n) is 3.15. The van der Waals surface area contributed by atoms with Gasteiger partial charge in [-0.1, -0.05) is 12.1 Å². The van der Waals surface area contributed by atoms with Gasteiger partial charge in [0.2, 0.25) is 0 Å². The van der Waals surface area contributed by atoms with E-state index in [2.05, 4.69) is 0 Å². The van der Waals surface area contributed by atoms with Crippen LogP contribution in [0.25, 0.3) is 0 Å². The van der Waals surface area contributed by atoms with E-state index >= 15 is 0 Å². The largest absolute Gasteiger partial charge is 0.369 e. The molecule has 2 atom stereocenters. The Labute approximate surface area is 110 Å². The topological polar surface area (TPSA) is 29.5 Å². The fraction of sp³-hybridized carbons (Fsp3) is 0.462. The normalized spacial score (nSPS) is 23.1. The molecule has 5 heteroatoms. The molecule has 1 amide bonds. The van der Waals surface area contributed by atoms with E-state index in [0.717, 1.165) is 12.0 Å². The van der Waals surface area contributed by atoms with Gasteiger partial charge in [-0.25, -0.2) is 4.39 Å². The number of hydrogen-bond acceptors (Lipinski definition) is 2. The Balaban J connectivity index is 2.16. The van der Waals surface area contributed by atoms with Crippen molar-refractivity contribution in [2.24, 2.45) is 0 Å². The van der Waals surface area contributed by atoms with E-state index in [4.69, 9.17) is 16.3 Å². The van der Waals surface area contributed by atoms with Crippen molar-refractivity contribution in [1.29, 1.82) is 0 Å². The second-order valence-corrected chi connectivity index (χ2v) is 4.60. The molecule has 1 aliphatic heterocycles. The molecule has 0 radical (unpaired) electrons. The van der Waals surface area contributed by atoms with Crippen molar-refractivity contribution in [2.45, 2.75) is 18.6 Å². The van der Waals surface area contributed by atoms with Gasteiger partial charge < -0.3 is 9.64 Å². The van der Waals surface area contributed by atoms with Crippen LogP contribution in [0.1, 0.15) is 18.0 Å². The van der Waals surface area contributed by atoms with Crippen molar-refractivity contribution in [3.63, 3.8) is 0 Å². The lowest BCUT2D eigenvalue weighted by Crippen LogP contribution is -2.59. The quantitative estimate of drug-likeness (QED) is 0.608. The van der Waals surface area contributed by atoms with Crippen molar-refractivity contribution in [3.8, 4) is 0 Å². The highest BCUT2D eigenvalue weighted by Gasteiger charge is 2.47. The van der Waals surface area contributed by atoms with Gasteiger partial charge in [0, 0.05) is 19.5 Å². The van der Waals surface area contributed by atoms with E-state index in [1.54, 1.807) is 17.0 Å². The van der Waals surface area contributed by atoms with Crippen LogP contribution in [0.4, 0.5) is 4.39 Å². The number of rotatable bonds is 5. The summed E-state index contributed by atoms with van der Waals surface area (Å²) >= 11 is 5.64. The minimum Gasteiger partial charge on any atom is -0.369 e. The molecule has 1 aromatic rings. The Morgan fingerprint density at radius 3 is 2.61 bits per heavy atom. The van der Waals surface area contributed by atoms with Gasteiger partial charge in [0.15, 0.2) is 6.10 Å².